The molecule has 1 aliphatic rings. The summed E-state index contributed by atoms with van der Waals surface area (Å²) < 4.78 is 29.4. The molecule has 0 unspecified atom stereocenters. The Morgan fingerprint density at radius 2 is 1.75 bits per heavy atom. The number of hydrogen-bond acceptors (Lipinski definition) is 8. The summed E-state index contributed by atoms with van der Waals surface area (Å²) in [5, 5.41) is -1.22. The number of anilines is 1. The number of rotatable bonds is 9. The van der Waals surface area contributed by atoms with Gasteiger partial charge in [0.05, 0.1) is 25.2 Å². The number of carbonyl (C=O) groups excluding carboxylic acids is 4. The van der Waals surface area contributed by atoms with Gasteiger partial charge in [0.25, 0.3) is 5.91 Å². The number of amides is 2. The third kappa shape index (κ3) is 6.06. The Balaban J connectivity index is 2.49. The van der Waals surface area contributed by atoms with Gasteiger partial charge in [0.15, 0.2) is 0 Å². The van der Waals surface area contributed by atoms with Crippen molar-refractivity contribution in [3.05, 3.63) is 26.2 Å². The largest absolute Gasteiger partial charge is 0.469 e. The highest BCUT2D eigenvalue weighted by atomic mass is 35.5. The maximum absolute atomic E-state index is 14.8. The third-order valence-corrected chi connectivity index (χ3v) is 6.38. The predicted octanol–water partition coefficient (Wildman–Crippen LogP) is 3.41. The monoisotopic (exact) mass is 509 g/mol. The highest BCUT2D eigenvalue weighted by molar-refractivity contribution is 7.11. The number of carbonyl (C=O) groups is 4. The van der Waals surface area contributed by atoms with E-state index in [4.69, 9.17) is 32.7 Å². The Hall–Kier alpha value is -2.01. The van der Waals surface area contributed by atoms with Crippen LogP contribution in [0.1, 0.15) is 30.6 Å². The number of thiophene rings is 1. The molecule has 0 N–H and O–H groups in total. The van der Waals surface area contributed by atoms with E-state index in [2.05, 4.69) is 4.74 Å². The topological polar surface area (TPSA) is 99.2 Å². The molecule has 0 radical (unpaired) electrons. The maximum Gasteiger partial charge on any atom is 0.334 e. The van der Waals surface area contributed by atoms with Crippen molar-refractivity contribution in [2.24, 2.45) is 0 Å². The summed E-state index contributed by atoms with van der Waals surface area (Å²) in [6.45, 7) is 0.171. The minimum Gasteiger partial charge on any atom is -0.469 e. The molecule has 0 saturated carbocycles. The molecule has 0 atom stereocenters. The molecule has 0 aromatic carbocycles. The first kappa shape index (κ1) is 26.2. The van der Waals surface area contributed by atoms with E-state index in [1.54, 1.807) is 0 Å². The highest BCUT2D eigenvalue weighted by Crippen LogP contribution is 2.41. The minimum atomic E-state index is -0.943. The number of nitrogens with zero attached hydrogens (tertiary/aromatic N) is 1. The summed E-state index contributed by atoms with van der Waals surface area (Å²) in [4.78, 5) is 50.7. The van der Waals surface area contributed by atoms with E-state index >= 15 is 0 Å². The number of esters is 2. The summed E-state index contributed by atoms with van der Waals surface area (Å²) in [6, 6.07) is 0. The van der Waals surface area contributed by atoms with Gasteiger partial charge in [-0.1, -0.05) is 11.6 Å². The van der Waals surface area contributed by atoms with Crippen LogP contribution in [0, 0.1) is 5.13 Å². The van der Waals surface area contributed by atoms with Gasteiger partial charge in [-0.3, -0.25) is 14.4 Å². The van der Waals surface area contributed by atoms with Gasteiger partial charge in [0.1, 0.15) is 18.2 Å². The third-order valence-electron chi connectivity index (χ3n) is 4.67. The number of hydrogen-bond donors (Lipinski definition) is 0. The van der Waals surface area contributed by atoms with Gasteiger partial charge >= 0.3 is 11.9 Å². The van der Waals surface area contributed by atoms with Crippen molar-refractivity contribution in [1.82, 2.24) is 0 Å². The van der Waals surface area contributed by atoms with Crippen LogP contribution in [0.4, 0.5) is 10.1 Å². The van der Waals surface area contributed by atoms with Crippen molar-refractivity contribution in [2.75, 3.05) is 38.2 Å². The summed E-state index contributed by atoms with van der Waals surface area (Å²) >= 11 is 12.4. The lowest BCUT2D eigenvalue weighted by Crippen LogP contribution is -2.40. The van der Waals surface area contributed by atoms with E-state index in [1.807, 2.05) is 0 Å². The molecule has 0 aliphatic heterocycles. The molecule has 0 bridgehead atoms. The molecule has 12 heteroatoms. The van der Waals surface area contributed by atoms with Crippen LogP contribution in [0.3, 0.4) is 0 Å². The van der Waals surface area contributed by atoms with Crippen molar-refractivity contribution >= 4 is 64.0 Å². The fourth-order valence-corrected chi connectivity index (χ4v) is 4.54. The lowest BCUT2D eigenvalue weighted by molar-refractivity contribution is -0.141. The van der Waals surface area contributed by atoms with Gasteiger partial charge in [-0.05, 0) is 25.7 Å². The lowest BCUT2D eigenvalue weighted by atomic mass is 9.90. The van der Waals surface area contributed by atoms with Crippen LogP contribution in [0.15, 0.2) is 11.1 Å². The van der Waals surface area contributed by atoms with Crippen LogP contribution in [-0.2, 0) is 39.8 Å². The summed E-state index contributed by atoms with van der Waals surface area (Å²) in [5.41, 5.74) is -0.351. The van der Waals surface area contributed by atoms with Crippen LogP contribution in [-0.4, -0.2) is 57.1 Å². The number of ether oxygens (including phenoxy) is 3. The van der Waals surface area contributed by atoms with E-state index in [0.29, 0.717) is 29.1 Å². The van der Waals surface area contributed by atoms with Gasteiger partial charge < -0.3 is 14.2 Å². The Bertz CT molecular complexity index is 931. The first-order valence-corrected chi connectivity index (χ1v) is 11.3. The number of methoxy groups -OCH3 is 2. The number of halogens is 3. The Morgan fingerprint density at radius 1 is 1.09 bits per heavy atom. The maximum atomic E-state index is 14.8. The van der Waals surface area contributed by atoms with Crippen LogP contribution in [0.5, 0.6) is 0 Å². The zero-order chi connectivity index (χ0) is 23.8. The quantitative estimate of drug-likeness (QED) is 0.285. The second-order valence-corrected chi connectivity index (χ2v) is 8.38. The predicted molar refractivity (Wildman–Crippen MR) is 117 cm³/mol. The Kier molecular flexibility index (Phi) is 10.1. The molecule has 2 rings (SSSR count). The lowest BCUT2D eigenvalue weighted by Gasteiger charge is -2.25. The molecule has 0 spiro atoms. The molecule has 0 fully saturated rings. The fourth-order valence-electron chi connectivity index (χ4n) is 3.13. The summed E-state index contributed by atoms with van der Waals surface area (Å²) in [6.07, 6.45) is 1.35. The average molecular weight is 510 g/mol. The van der Waals surface area contributed by atoms with Crippen molar-refractivity contribution in [3.8, 4) is 0 Å². The van der Waals surface area contributed by atoms with Gasteiger partial charge in [-0.2, -0.15) is 4.39 Å². The molecule has 1 heterocycles. The van der Waals surface area contributed by atoms with Crippen LogP contribution in [0.25, 0.3) is 0 Å². The molecule has 2 amide bonds. The van der Waals surface area contributed by atoms with Crippen LogP contribution < -0.4 is 4.90 Å². The Morgan fingerprint density at radius 3 is 2.34 bits per heavy atom. The highest BCUT2D eigenvalue weighted by Gasteiger charge is 2.36. The van der Waals surface area contributed by atoms with Gasteiger partial charge in [0, 0.05) is 23.1 Å². The van der Waals surface area contributed by atoms with Gasteiger partial charge in [-0.25, -0.2) is 9.69 Å². The van der Waals surface area contributed by atoms with Gasteiger partial charge in [-0.15, -0.1) is 22.9 Å². The van der Waals surface area contributed by atoms with Crippen molar-refractivity contribution in [2.45, 2.75) is 32.1 Å². The van der Waals surface area contributed by atoms with Crippen molar-refractivity contribution in [1.29, 1.82) is 0 Å². The average Bonchev–Trinajstić information content (AvgIpc) is 3.06. The standard InChI is InChI=1S/C20H22Cl2FNO7S/c1-29-7-8-31-20(28)12-6-4-3-5-11(12)19(27)24(14(25)10-21)17-16(22)13(32-18(17)23)9-15(26)30-2/h3-10H2,1-2H3. The molecule has 32 heavy (non-hydrogen) atoms. The zero-order valence-corrected chi connectivity index (χ0v) is 19.8. The molecule has 176 valence electrons. The molecule has 1 aromatic heterocycles. The second kappa shape index (κ2) is 12.3. The molecule has 1 aromatic rings. The van der Waals surface area contributed by atoms with E-state index < -0.39 is 40.5 Å². The van der Waals surface area contributed by atoms with Crippen molar-refractivity contribution in [3.63, 3.8) is 0 Å². The number of alkyl halides is 1. The van der Waals surface area contributed by atoms with E-state index in [9.17, 15) is 23.6 Å². The molecular weight excluding hydrogens is 488 g/mol. The molecule has 8 nitrogen and oxygen atoms in total. The first-order chi connectivity index (χ1) is 15.3. The normalized spacial score (nSPS) is 13.7. The summed E-state index contributed by atoms with van der Waals surface area (Å²) in [5.74, 6) is -3.84. The van der Waals surface area contributed by atoms with Gasteiger partial charge in [0.2, 0.25) is 11.0 Å². The smallest absolute Gasteiger partial charge is 0.334 e. The molecule has 1 aliphatic carbocycles. The van der Waals surface area contributed by atoms with E-state index in [1.165, 1.54) is 7.11 Å². The minimum absolute atomic E-state index is 0.00744. The fraction of sp³-hybridized carbons (Fsp3) is 0.500. The number of imide groups is 1. The molecular formula is C20H22Cl2FNO7S. The van der Waals surface area contributed by atoms with E-state index in [0.717, 1.165) is 7.11 Å². The second-order valence-electron chi connectivity index (χ2n) is 6.68. The zero-order valence-electron chi connectivity index (χ0n) is 17.5. The van der Waals surface area contributed by atoms with Crippen molar-refractivity contribution < 1.29 is 37.8 Å². The summed E-state index contributed by atoms with van der Waals surface area (Å²) in [7, 11) is 2.61. The Labute approximate surface area is 198 Å². The molecule has 0 saturated heterocycles. The van der Waals surface area contributed by atoms with Crippen LogP contribution >= 0.6 is 34.5 Å². The van der Waals surface area contributed by atoms with E-state index in [-0.39, 0.29) is 53.5 Å². The SMILES string of the molecule is COCCOC(=O)C1=C(C(=O)N(C(=O)CCl)c2c(F)sc(CC(=O)OC)c2Cl)CCCC1. The first-order valence-electron chi connectivity index (χ1n) is 9.61. The van der Waals surface area contributed by atoms with Crippen LogP contribution in [0.2, 0.25) is 5.02 Å².